The summed E-state index contributed by atoms with van der Waals surface area (Å²) >= 11 is 0. The molecule has 1 aliphatic heterocycles. The van der Waals surface area contributed by atoms with Crippen LogP contribution in [0.1, 0.15) is 24.8 Å². The molecule has 1 saturated heterocycles. The van der Waals surface area contributed by atoms with E-state index in [-0.39, 0.29) is 30.5 Å². The summed E-state index contributed by atoms with van der Waals surface area (Å²) in [5.74, 6) is -1.65. The van der Waals surface area contributed by atoms with Gasteiger partial charge in [-0.1, -0.05) is 12.1 Å². The van der Waals surface area contributed by atoms with Crippen LogP contribution in [0.5, 0.6) is 5.75 Å². The summed E-state index contributed by atoms with van der Waals surface area (Å²) in [5.41, 5.74) is 0.387. The van der Waals surface area contributed by atoms with Gasteiger partial charge in [-0.05, 0) is 30.5 Å². The quantitative estimate of drug-likeness (QED) is 0.901. The number of nitrogens with zero attached hydrogens (tertiary/aromatic N) is 1. The average molecular weight is 331 g/mol. The number of amides is 1. The van der Waals surface area contributed by atoms with Crippen molar-refractivity contribution in [3.05, 3.63) is 29.8 Å². The summed E-state index contributed by atoms with van der Waals surface area (Å²) < 4.78 is 40.4. The van der Waals surface area contributed by atoms with Gasteiger partial charge in [-0.15, -0.1) is 13.2 Å². The Balaban J connectivity index is 2.02. The minimum atomic E-state index is -4.79. The minimum absolute atomic E-state index is 0.0921. The topological polar surface area (TPSA) is 66.8 Å². The van der Waals surface area contributed by atoms with Gasteiger partial charge in [0.1, 0.15) is 5.75 Å². The molecule has 0 aliphatic carbocycles. The maximum Gasteiger partial charge on any atom is 0.573 e. The maximum atomic E-state index is 12.3. The summed E-state index contributed by atoms with van der Waals surface area (Å²) in [4.78, 5) is 24.6. The number of benzene rings is 1. The molecule has 0 aromatic heterocycles. The Morgan fingerprint density at radius 3 is 2.74 bits per heavy atom. The van der Waals surface area contributed by atoms with E-state index in [0.717, 1.165) is 18.6 Å². The number of carbonyl (C=O) groups is 2. The van der Waals surface area contributed by atoms with Gasteiger partial charge >= 0.3 is 12.3 Å². The van der Waals surface area contributed by atoms with Crippen LogP contribution < -0.4 is 4.74 Å². The second kappa shape index (κ2) is 6.89. The summed E-state index contributed by atoms with van der Waals surface area (Å²) in [6.07, 6.45) is -3.66. The second-order valence-corrected chi connectivity index (χ2v) is 5.35. The van der Waals surface area contributed by atoms with Gasteiger partial charge in [0.2, 0.25) is 5.91 Å². The molecular formula is C15H16F3NO4. The third kappa shape index (κ3) is 5.15. The molecule has 2 rings (SSSR count). The van der Waals surface area contributed by atoms with E-state index in [1.807, 2.05) is 0 Å². The van der Waals surface area contributed by atoms with Crippen LogP contribution in [-0.4, -0.2) is 40.8 Å². The lowest BCUT2D eigenvalue weighted by molar-refractivity contribution is -0.274. The van der Waals surface area contributed by atoms with Crippen LogP contribution in [0.4, 0.5) is 13.2 Å². The van der Waals surface area contributed by atoms with Gasteiger partial charge in [0.05, 0.1) is 12.8 Å². The van der Waals surface area contributed by atoms with Crippen molar-refractivity contribution in [1.82, 2.24) is 4.90 Å². The lowest BCUT2D eigenvalue weighted by atomic mass is 10.1. The molecule has 1 aliphatic rings. The number of carboxylic acids is 1. The fraction of sp³-hybridized carbons (Fsp3) is 0.467. The summed E-state index contributed by atoms with van der Waals surface area (Å²) in [6, 6.07) is 4.87. The summed E-state index contributed by atoms with van der Waals surface area (Å²) in [5, 5.41) is 8.85. The zero-order valence-electron chi connectivity index (χ0n) is 12.2. The van der Waals surface area contributed by atoms with E-state index in [4.69, 9.17) is 5.11 Å². The molecule has 0 radical (unpaired) electrons. The van der Waals surface area contributed by atoms with Crippen molar-refractivity contribution in [2.75, 3.05) is 6.54 Å². The second-order valence-electron chi connectivity index (χ2n) is 5.35. The fourth-order valence-electron chi connectivity index (χ4n) is 2.71. The van der Waals surface area contributed by atoms with Crippen LogP contribution in [0.3, 0.4) is 0 Å². The SMILES string of the molecule is O=C(O)CC1CCCN1C(=O)Cc1cccc(OC(F)(F)F)c1. The predicted octanol–water partition coefficient (Wildman–Crippen LogP) is 2.59. The Kier molecular flexibility index (Phi) is 5.12. The minimum Gasteiger partial charge on any atom is -0.481 e. The normalized spacial score (nSPS) is 18.0. The molecule has 0 saturated carbocycles. The average Bonchev–Trinajstić information content (AvgIpc) is 2.84. The molecule has 0 spiro atoms. The number of carboxylic acid groups (broad SMARTS) is 1. The highest BCUT2D eigenvalue weighted by atomic mass is 19.4. The summed E-state index contributed by atoms with van der Waals surface area (Å²) in [6.45, 7) is 0.468. The Morgan fingerprint density at radius 1 is 1.35 bits per heavy atom. The van der Waals surface area contributed by atoms with Crippen molar-refractivity contribution in [3.63, 3.8) is 0 Å². The lowest BCUT2D eigenvalue weighted by Crippen LogP contribution is -2.37. The number of rotatable bonds is 5. The van der Waals surface area contributed by atoms with E-state index >= 15 is 0 Å². The molecule has 1 aromatic rings. The molecule has 1 atom stereocenters. The molecular weight excluding hydrogens is 315 g/mol. The number of alkyl halides is 3. The number of hydrogen-bond donors (Lipinski definition) is 1. The Bertz CT molecular complexity index is 588. The van der Waals surface area contributed by atoms with E-state index in [0.29, 0.717) is 18.5 Å². The molecule has 23 heavy (non-hydrogen) atoms. The molecule has 1 N–H and O–H groups in total. The van der Waals surface area contributed by atoms with Crippen molar-refractivity contribution in [2.45, 2.75) is 38.1 Å². The Morgan fingerprint density at radius 2 is 2.09 bits per heavy atom. The third-order valence-electron chi connectivity index (χ3n) is 3.60. The van der Waals surface area contributed by atoms with Crippen LogP contribution in [0, 0.1) is 0 Å². The van der Waals surface area contributed by atoms with E-state index < -0.39 is 12.3 Å². The van der Waals surface area contributed by atoms with Crippen molar-refractivity contribution in [2.24, 2.45) is 0 Å². The molecule has 1 heterocycles. The molecule has 8 heteroatoms. The van der Waals surface area contributed by atoms with Crippen molar-refractivity contribution in [3.8, 4) is 5.75 Å². The predicted molar refractivity (Wildman–Crippen MR) is 73.8 cm³/mol. The first-order valence-corrected chi connectivity index (χ1v) is 7.10. The third-order valence-corrected chi connectivity index (χ3v) is 3.60. The van der Waals surface area contributed by atoms with Crippen LogP contribution in [0.25, 0.3) is 0 Å². The fourth-order valence-corrected chi connectivity index (χ4v) is 2.71. The Hall–Kier alpha value is -2.25. The van der Waals surface area contributed by atoms with E-state index in [1.165, 1.54) is 17.0 Å². The standard InChI is InChI=1S/C15H16F3NO4/c16-15(17,18)23-12-5-1-3-10(7-12)8-13(20)19-6-2-4-11(19)9-14(21)22/h1,3,5,7,11H,2,4,6,8-9H2,(H,21,22). The molecule has 5 nitrogen and oxygen atoms in total. The lowest BCUT2D eigenvalue weighted by Gasteiger charge is -2.23. The molecule has 1 amide bonds. The number of likely N-dealkylation sites (tertiary alicyclic amines) is 1. The molecule has 0 bridgehead atoms. The highest BCUT2D eigenvalue weighted by molar-refractivity contribution is 5.80. The number of halogens is 3. The van der Waals surface area contributed by atoms with E-state index in [2.05, 4.69) is 4.74 Å². The van der Waals surface area contributed by atoms with Crippen molar-refractivity contribution >= 4 is 11.9 Å². The van der Waals surface area contributed by atoms with Crippen molar-refractivity contribution < 1.29 is 32.6 Å². The number of ether oxygens (including phenoxy) is 1. The van der Waals surface area contributed by atoms with Gasteiger partial charge in [0.25, 0.3) is 0 Å². The maximum absolute atomic E-state index is 12.3. The number of hydrogen-bond acceptors (Lipinski definition) is 3. The van der Waals surface area contributed by atoms with Gasteiger partial charge in [-0.25, -0.2) is 0 Å². The van der Waals surface area contributed by atoms with Gasteiger partial charge in [-0.2, -0.15) is 0 Å². The molecule has 126 valence electrons. The molecule has 1 aromatic carbocycles. The van der Waals surface area contributed by atoms with Gasteiger partial charge < -0.3 is 14.7 Å². The first-order chi connectivity index (χ1) is 10.7. The van der Waals surface area contributed by atoms with Gasteiger partial charge in [-0.3, -0.25) is 9.59 Å². The number of aliphatic carboxylic acids is 1. The van der Waals surface area contributed by atoms with Crippen molar-refractivity contribution in [1.29, 1.82) is 0 Å². The monoisotopic (exact) mass is 331 g/mol. The van der Waals surface area contributed by atoms with E-state index in [9.17, 15) is 22.8 Å². The zero-order valence-corrected chi connectivity index (χ0v) is 12.2. The van der Waals surface area contributed by atoms with E-state index in [1.54, 1.807) is 0 Å². The Labute approximate surface area is 130 Å². The van der Waals surface area contributed by atoms with Crippen LogP contribution in [0.2, 0.25) is 0 Å². The van der Waals surface area contributed by atoms with Gasteiger partial charge in [0, 0.05) is 12.6 Å². The first kappa shape index (κ1) is 17.1. The van der Waals surface area contributed by atoms with Crippen LogP contribution in [0.15, 0.2) is 24.3 Å². The number of carbonyl (C=O) groups excluding carboxylic acids is 1. The van der Waals surface area contributed by atoms with Gasteiger partial charge in [0.15, 0.2) is 0 Å². The first-order valence-electron chi connectivity index (χ1n) is 7.10. The molecule has 1 fully saturated rings. The highest BCUT2D eigenvalue weighted by Crippen LogP contribution is 2.25. The molecule has 1 unspecified atom stereocenters. The summed E-state index contributed by atoms with van der Waals surface area (Å²) in [7, 11) is 0. The van der Waals surface area contributed by atoms with Crippen LogP contribution >= 0.6 is 0 Å². The van der Waals surface area contributed by atoms with Crippen LogP contribution in [-0.2, 0) is 16.0 Å². The smallest absolute Gasteiger partial charge is 0.481 e. The highest BCUT2D eigenvalue weighted by Gasteiger charge is 2.32. The zero-order chi connectivity index (χ0) is 17.0. The largest absolute Gasteiger partial charge is 0.573 e.